The molecule has 2 aromatic rings. The summed E-state index contributed by atoms with van der Waals surface area (Å²) in [5, 5.41) is 16.6. The number of carbonyl (C=O) groups is 1. The number of aliphatic carboxylic acids is 1. The molecule has 2 rings (SSSR count). The number of ether oxygens (including phenoxy) is 1. The first kappa shape index (κ1) is 13.0. The van der Waals surface area contributed by atoms with Gasteiger partial charge in [-0.25, -0.2) is 4.68 Å². The number of hydrogen-bond acceptors (Lipinski definition) is 5. The number of carboxylic acids is 1. The second-order valence-electron chi connectivity index (χ2n) is 3.98. The lowest BCUT2D eigenvalue weighted by atomic mass is 10.2. The molecule has 0 saturated heterocycles. The number of rotatable bonds is 5. The second-order valence-corrected chi connectivity index (χ2v) is 3.98. The summed E-state index contributed by atoms with van der Waals surface area (Å²) >= 11 is 0. The lowest BCUT2D eigenvalue weighted by molar-refractivity contribution is -0.138. The van der Waals surface area contributed by atoms with Crippen molar-refractivity contribution in [3.8, 4) is 11.4 Å². The minimum Gasteiger partial charge on any atom is -0.494 e. The average Bonchev–Trinajstić information content (AvgIpc) is 2.86. The van der Waals surface area contributed by atoms with Gasteiger partial charge in [-0.1, -0.05) is 17.3 Å². The number of carboxylic acid groups (broad SMARTS) is 1. The summed E-state index contributed by atoms with van der Waals surface area (Å²) in [7, 11) is 1.57. The van der Waals surface area contributed by atoms with Crippen molar-refractivity contribution in [2.45, 2.75) is 12.5 Å². The summed E-state index contributed by atoms with van der Waals surface area (Å²) in [6, 6.07) is 6.35. The summed E-state index contributed by atoms with van der Waals surface area (Å²) < 4.78 is 6.75. The average molecular weight is 262 g/mol. The van der Waals surface area contributed by atoms with Crippen LogP contribution in [-0.4, -0.2) is 39.2 Å². The lowest BCUT2D eigenvalue weighted by Crippen LogP contribution is -2.32. The zero-order valence-corrected chi connectivity index (χ0v) is 10.4. The number of para-hydroxylation sites is 2. The van der Waals surface area contributed by atoms with E-state index in [0.29, 0.717) is 11.4 Å². The first-order chi connectivity index (χ1) is 9.11. The molecule has 7 heteroatoms. The van der Waals surface area contributed by atoms with Crippen LogP contribution in [-0.2, 0) is 11.2 Å². The quantitative estimate of drug-likeness (QED) is 0.799. The molecule has 3 N–H and O–H groups in total. The van der Waals surface area contributed by atoms with Crippen molar-refractivity contribution < 1.29 is 14.6 Å². The highest BCUT2D eigenvalue weighted by molar-refractivity contribution is 5.73. The number of nitrogens with two attached hydrogens (primary N) is 1. The SMILES string of the molecule is COc1ccccc1-n1cc(C[C@H](N)C(=O)O)nn1. The summed E-state index contributed by atoms with van der Waals surface area (Å²) in [5.41, 5.74) is 6.70. The molecular weight excluding hydrogens is 248 g/mol. The maximum Gasteiger partial charge on any atom is 0.320 e. The van der Waals surface area contributed by atoms with Crippen LogP contribution in [0.25, 0.3) is 5.69 Å². The van der Waals surface area contributed by atoms with Crippen molar-refractivity contribution in [3.63, 3.8) is 0 Å². The number of nitrogens with zero attached hydrogens (tertiary/aromatic N) is 3. The Kier molecular flexibility index (Phi) is 3.76. The number of aromatic nitrogens is 3. The van der Waals surface area contributed by atoms with E-state index in [0.717, 1.165) is 5.69 Å². The minimum absolute atomic E-state index is 0.129. The highest BCUT2D eigenvalue weighted by atomic mass is 16.5. The highest BCUT2D eigenvalue weighted by Gasteiger charge is 2.15. The maximum absolute atomic E-state index is 10.7. The monoisotopic (exact) mass is 262 g/mol. The van der Waals surface area contributed by atoms with Gasteiger partial charge in [0, 0.05) is 6.42 Å². The Morgan fingerprint density at radius 3 is 2.95 bits per heavy atom. The van der Waals surface area contributed by atoms with Gasteiger partial charge in [-0.2, -0.15) is 0 Å². The predicted molar refractivity (Wildman–Crippen MR) is 67.2 cm³/mol. The summed E-state index contributed by atoms with van der Waals surface area (Å²) in [5.74, 6) is -0.409. The molecule has 7 nitrogen and oxygen atoms in total. The molecule has 0 saturated carbocycles. The fourth-order valence-electron chi connectivity index (χ4n) is 1.64. The summed E-state index contributed by atoms with van der Waals surface area (Å²) in [4.78, 5) is 10.7. The van der Waals surface area contributed by atoms with Crippen molar-refractivity contribution >= 4 is 5.97 Å². The zero-order valence-electron chi connectivity index (χ0n) is 10.4. The molecule has 0 aliphatic heterocycles. The molecule has 0 amide bonds. The fraction of sp³-hybridized carbons (Fsp3) is 0.250. The Labute approximate surface area is 109 Å². The van der Waals surface area contributed by atoms with E-state index in [1.807, 2.05) is 18.2 Å². The third kappa shape index (κ3) is 2.89. The van der Waals surface area contributed by atoms with E-state index < -0.39 is 12.0 Å². The van der Waals surface area contributed by atoms with E-state index in [2.05, 4.69) is 10.3 Å². The molecule has 0 radical (unpaired) electrons. The first-order valence-electron chi connectivity index (χ1n) is 5.65. The normalized spacial score (nSPS) is 12.1. The Hall–Kier alpha value is -2.41. The number of hydrogen-bond donors (Lipinski definition) is 2. The van der Waals surface area contributed by atoms with E-state index in [1.54, 1.807) is 19.4 Å². The van der Waals surface area contributed by atoms with E-state index in [4.69, 9.17) is 15.6 Å². The van der Waals surface area contributed by atoms with Crippen molar-refractivity contribution in [1.82, 2.24) is 15.0 Å². The predicted octanol–water partition coefficient (Wildman–Crippen LogP) is 0.230. The molecule has 0 bridgehead atoms. The van der Waals surface area contributed by atoms with Gasteiger partial charge in [0.25, 0.3) is 0 Å². The standard InChI is InChI=1S/C12H14N4O3/c1-19-11-5-3-2-4-10(11)16-7-8(14-15-16)6-9(13)12(17)18/h2-5,7,9H,6,13H2,1H3,(H,17,18)/t9-/m0/s1. The van der Waals surface area contributed by atoms with E-state index in [1.165, 1.54) is 4.68 Å². The molecule has 100 valence electrons. The van der Waals surface area contributed by atoms with Gasteiger partial charge in [0.15, 0.2) is 0 Å². The number of benzene rings is 1. The van der Waals surface area contributed by atoms with Crippen LogP contribution in [0.1, 0.15) is 5.69 Å². The van der Waals surface area contributed by atoms with Gasteiger partial charge >= 0.3 is 5.97 Å². The Balaban J connectivity index is 2.23. The maximum atomic E-state index is 10.7. The Morgan fingerprint density at radius 2 is 2.26 bits per heavy atom. The molecule has 0 aliphatic carbocycles. The van der Waals surface area contributed by atoms with E-state index in [9.17, 15) is 4.79 Å². The largest absolute Gasteiger partial charge is 0.494 e. The van der Waals surface area contributed by atoms with Crippen molar-refractivity contribution in [1.29, 1.82) is 0 Å². The number of methoxy groups -OCH3 is 1. The van der Waals surface area contributed by atoms with Crippen molar-refractivity contribution in [3.05, 3.63) is 36.2 Å². The van der Waals surface area contributed by atoms with Gasteiger partial charge in [0.1, 0.15) is 17.5 Å². The molecule has 1 aromatic carbocycles. The lowest BCUT2D eigenvalue weighted by Gasteiger charge is -2.06. The molecule has 0 spiro atoms. The van der Waals surface area contributed by atoms with Gasteiger partial charge < -0.3 is 15.6 Å². The minimum atomic E-state index is -1.06. The van der Waals surface area contributed by atoms with Gasteiger partial charge in [-0.3, -0.25) is 4.79 Å². The third-order valence-electron chi connectivity index (χ3n) is 2.62. The summed E-state index contributed by atoms with van der Waals surface area (Å²) in [6.45, 7) is 0. The van der Waals surface area contributed by atoms with Crippen LogP contribution in [0.3, 0.4) is 0 Å². The molecule has 0 aliphatic rings. The van der Waals surface area contributed by atoms with Crippen LogP contribution in [0, 0.1) is 0 Å². The van der Waals surface area contributed by atoms with Crippen molar-refractivity contribution in [2.75, 3.05) is 7.11 Å². The van der Waals surface area contributed by atoms with Gasteiger partial charge in [-0.05, 0) is 12.1 Å². The second kappa shape index (κ2) is 5.49. The van der Waals surface area contributed by atoms with Crippen LogP contribution >= 0.6 is 0 Å². The Morgan fingerprint density at radius 1 is 1.53 bits per heavy atom. The van der Waals surface area contributed by atoms with E-state index in [-0.39, 0.29) is 6.42 Å². The topological polar surface area (TPSA) is 103 Å². The molecule has 1 aromatic heterocycles. The van der Waals surface area contributed by atoms with Crippen LogP contribution in [0.5, 0.6) is 5.75 Å². The molecular formula is C12H14N4O3. The molecule has 19 heavy (non-hydrogen) atoms. The first-order valence-corrected chi connectivity index (χ1v) is 5.65. The van der Waals surface area contributed by atoms with E-state index >= 15 is 0 Å². The smallest absolute Gasteiger partial charge is 0.320 e. The van der Waals surface area contributed by atoms with Crippen LogP contribution < -0.4 is 10.5 Å². The molecule has 1 heterocycles. The molecule has 0 fully saturated rings. The fourth-order valence-corrected chi connectivity index (χ4v) is 1.64. The highest BCUT2D eigenvalue weighted by Crippen LogP contribution is 2.21. The van der Waals surface area contributed by atoms with Gasteiger partial charge in [0.2, 0.25) is 0 Å². The van der Waals surface area contributed by atoms with Crippen LogP contribution in [0.15, 0.2) is 30.5 Å². The van der Waals surface area contributed by atoms with Gasteiger partial charge in [-0.15, -0.1) is 5.10 Å². The summed E-state index contributed by atoms with van der Waals surface area (Å²) in [6.07, 6.45) is 1.77. The Bertz CT molecular complexity index is 582. The van der Waals surface area contributed by atoms with Crippen LogP contribution in [0.4, 0.5) is 0 Å². The molecule has 1 atom stereocenters. The molecule has 0 unspecified atom stereocenters. The van der Waals surface area contributed by atoms with Gasteiger partial charge in [0.05, 0.1) is 19.0 Å². The van der Waals surface area contributed by atoms with Crippen molar-refractivity contribution in [2.24, 2.45) is 5.73 Å². The zero-order chi connectivity index (χ0) is 13.8. The third-order valence-corrected chi connectivity index (χ3v) is 2.62. The van der Waals surface area contributed by atoms with Crippen LogP contribution in [0.2, 0.25) is 0 Å².